The molecule has 0 radical (unpaired) electrons. The lowest BCUT2D eigenvalue weighted by Gasteiger charge is -2.38. The molecule has 2 aliphatic heterocycles. The SMILES string of the molecule is COc1cnc(-n2cnc(C)n2)c2[nH]cc(C(=O)C(=O)N3CCN(C4=NNN(C)N4c4ccccc4)CC3)c12. The topological polar surface area (TPSA) is 140 Å². The standard InChI is InChI=1S/C25H27N11O3/c1-16-28-15-35(30-16)23-21-20(19(39-3)14-27-23)18(13-26-21)22(37)24(38)33-9-11-34(12-10-33)25-29-31-32(2)36(25)17-7-5-4-6-8-17/h4-8,13-15,26,31H,9-12H2,1-3H3. The number of Topliss-reactive ketones (excluding diaryl/α,β-unsaturated/α-hetero) is 1. The van der Waals surface area contributed by atoms with Crippen LogP contribution in [0.2, 0.25) is 0 Å². The molecular weight excluding hydrogens is 502 g/mol. The van der Waals surface area contributed by atoms with Crippen LogP contribution >= 0.6 is 0 Å². The number of hydrazine groups is 2. The number of amides is 1. The molecule has 200 valence electrons. The fourth-order valence-electron chi connectivity index (χ4n) is 4.83. The van der Waals surface area contributed by atoms with Crippen molar-refractivity contribution in [2.24, 2.45) is 5.10 Å². The first-order valence-corrected chi connectivity index (χ1v) is 12.4. The van der Waals surface area contributed by atoms with Crippen molar-refractivity contribution in [3.63, 3.8) is 0 Å². The van der Waals surface area contributed by atoms with Gasteiger partial charge < -0.3 is 19.5 Å². The highest BCUT2D eigenvalue weighted by Crippen LogP contribution is 2.32. The van der Waals surface area contributed by atoms with Gasteiger partial charge in [-0.15, -0.1) is 10.2 Å². The van der Waals surface area contributed by atoms with E-state index in [-0.39, 0.29) is 5.56 Å². The lowest BCUT2D eigenvalue weighted by atomic mass is 10.1. The molecule has 0 spiro atoms. The number of nitrogens with one attached hydrogen (secondary N) is 2. The molecule has 1 aromatic carbocycles. The van der Waals surface area contributed by atoms with Crippen molar-refractivity contribution in [2.75, 3.05) is 45.3 Å². The van der Waals surface area contributed by atoms with E-state index in [0.29, 0.717) is 54.5 Å². The van der Waals surface area contributed by atoms with Gasteiger partial charge in [-0.25, -0.2) is 25.2 Å². The Hall–Kier alpha value is -4.98. The number of H-pyrrole nitrogens is 1. The van der Waals surface area contributed by atoms with Crippen LogP contribution in [0, 0.1) is 6.92 Å². The van der Waals surface area contributed by atoms with Crippen molar-refractivity contribution >= 4 is 34.2 Å². The van der Waals surface area contributed by atoms with E-state index in [1.165, 1.54) is 30.5 Å². The number of ether oxygens (including phenoxy) is 1. The first kappa shape index (κ1) is 24.4. The van der Waals surface area contributed by atoms with Crippen LogP contribution in [0.15, 0.2) is 54.2 Å². The number of piperazine rings is 1. The minimum absolute atomic E-state index is 0.219. The summed E-state index contributed by atoms with van der Waals surface area (Å²) in [7, 11) is 3.37. The number of aromatic nitrogens is 5. The van der Waals surface area contributed by atoms with Crippen LogP contribution in [0.25, 0.3) is 16.7 Å². The highest BCUT2D eigenvalue weighted by Gasteiger charge is 2.34. The van der Waals surface area contributed by atoms with Crippen molar-refractivity contribution in [1.29, 1.82) is 0 Å². The molecule has 1 saturated heterocycles. The van der Waals surface area contributed by atoms with Gasteiger partial charge in [0.15, 0.2) is 5.82 Å². The molecule has 14 nitrogen and oxygen atoms in total. The molecule has 14 heteroatoms. The number of rotatable bonds is 5. The number of methoxy groups -OCH3 is 1. The molecule has 0 bridgehead atoms. The van der Waals surface area contributed by atoms with E-state index < -0.39 is 11.7 Å². The van der Waals surface area contributed by atoms with Crippen LogP contribution in [0.1, 0.15) is 16.2 Å². The number of benzene rings is 1. The number of hydrogen-bond donors (Lipinski definition) is 2. The van der Waals surface area contributed by atoms with Gasteiger partial charge in [-0.3, -0.25) is 9.59 Å². The molecule has 5 heterocycles. The maximum Gasteiger partial charge on any atom is 0.295 e. The summed E-state index contributed by atoms with van der Waals surface area (Å²) in [5.41, 5.74) is 4.67. The number of hydrogen-bond acceptors (Lipinski definition) is 11. The van der Waals surface area contributed by atoms with Crippen molar-refractivity contribution in [2.45, 2.75) is 6.92 Å². The normalized spacial score (nSPS) is 16.0. The first-order valence-electron chi connectivity index (χ1n) is 12.4. The molecule has 2 aliphatic rings. The van der Waals surface area contributed by atoms with Crippen molar-refractivity contribution in [3.8, 4) is 11.6 Å². The fourth-order valence-corrected chi connectivity index (χ4v) is 4.83. The number of pyridine rings is 1. The second-order valence-corrected chi connectivity index (χ2v) is 9.13. The van der Waals surface area contributed by atoms with Crippen LogP contribution in [-0.4, -0.2) is 97.6 Å². The number of anilines is 1. The number of aromatic amines is 1. The molecule has 0 saturated carbocycles. The maximum atomic E-state index is 13.5. The summed E-state index contributed by atoms with van der Waals surface area (Å²) in [6, 6.07) is 9.89. The Kier molecular flexibility index (Phi) is 6.07. The van der Waals surface area contributed by atoms with E-state index in [0.717, 1.165) is 11.6 Å². The Morgan fingerprint density at radius 3 is 2.51 bits per heavy atom. The zero-order valence-electron chi connectivity index (χ0n) is 21.7. The smallest absolute Gasteiger partial charge is 0.295 e. The Morgan fingerprint density at radius 1 is 1.05 bits per heavy atom. The monoisotopic (exact) mass is 529 g/mol. The number of fused-ring (bicyclic) bond motifs is 1. The third-order valence-electron chi connectivity index (χ3n) is 6.77. The van der Waals surface area contributed by atoms with Crippen LogP contribution in [0.5, 0.6) is 5.75 Å². The largest absolute Gasteiger partial charge is 0.494 e. The number of nitrogens with zero attached hydrogens (tertiary/aromatic N) is 9. The van der Waals surface area contributed by atoms with E-state index in [9.17, 15) is 9.59 Å². The molecule has 3 aromatic heterocycles. The van der Waals surface area contributed by atoms with Crippen LogP contribution in [0.4, 0.5) is 5.69 Å². The highest BCUT2D eigenvalue weighted by molar-refractivity contribution is 6.45. The number of aryl methyl sites for hydroxylation is 1. The van der Waals surface area contributed by atoms with Crippen molar-refractivity contribution < 1.29 is 14.3 Å². The minimum Gasteiger partial charge on any atom is -0.494 e. The molecule has 0 aliphatic carbocycles. The molecular formula is C25H27N11O3. The zero-order valence-corrected chi connectivity index (χ0v) is 21.7. The predicted octanol–water partition coefficient (Wildman–Crippen LogP) is 0.930. The summed E-state index contributed by atoms with van der Waals surface area (Å²) in [6.07, 6.45) is 4.57. The minimum atomic E-state index is -0.620. The van der Waals surface area contributed by atoms with Gasteiger partial charge in [-0.1, -0.05) is 18.2 Å². The average molecular weight is 530 g/mol. The van der Waals surface area contributed by atoms with Gasteiger partial charge in [-0.05, 0) is 19.1 Å². The van der Waals surface area contributed by atoms with E-state index in [1.807, 2.05) is 42.4 Å². The van der Waals surface area contributed by atoms with E-state index in [1.54, 1.807) is 16.9 Å². The second kappa shape index (κ2) is 9.72. The summed E-state index contributed by atoms with van der Waals surface area (Å²) in [5, 5.41) is 13.0. The summed E-state index contributed by atoms with van der Waals surface area (Å²) in [4.78, 5) is 42.1. The van der Waals surface area contributed by atoms with Crippen LogP contribution < -0.4 is 15.3 Å². The molecule has 4 aromatic rings. The quantitative estimate of drug-likeness (QED) is 0.283. The highest BCUT2D eigenvalue weighted by atomic mass is 16.5. The van der Waals surface area contributed by atoms with Gasteiger partial charge in [0.2, 0.25) is 5.96 Å². The maximum absolute atomic E-state index is 13.5. The molecule has 1 fully saturated rings. The summed E-state index contributed by atoms with van der Waals surface area (Å²) < 4.78 is 7.00. The molecule has 6 rings (SSSR count). The summed E-state index contributed by atoms with van der Waals surface area (Å²) in [6.45, 7) is 3.56. The van der Waals surface area contributed by atoms with E-state index >= 15 is 0 Å². The number of hydrazone groups is 1. The molecule has 39 heavy (non-hydrogen) atoms. The zero-order chi connectivity index (χ0) is 27.1. The van der Waals surface area contributed by atoms with E-state index in [4.69, 9.17) is 4.74 Å². The van der Waals surface area contributed by atoms with Gasteiger partial charge in [0.05, 0.1) is 35.5 Å². The fraction of sp³-hybridized carbons (Fsp3) is 0.280. The van der Waals surface area contributed by atoms with Gasteiger partial charge in [0.25, 0.3) is 11.7 Å². The summed E-state index contributed by atoms with van der Waals surface area (Å²) >= 11 is 0. The number of carbonyl (C=O) groups excluding carboxylic acids is 2. The predicted molar refractivity (Wildman–Crippen MR) is 142 cm³/mol. The Morgan fingerprint density at radius 2 is 1.82 bits per heavy atom. The van der Waals surface area contributed by atoms with Gasteiger partial charge >= 0.3 is 0 Å². The van der Waals surface area contributed by atoms with Gasteiger partial charge in [0, 0.05) is 39.4 Å². The Balaban J connectivity index is 1.20. The number of guanidine groups is 1. The number of ketones is 1. The third-order valence-corrected chi connectivity index (χ3v) is 6.77. The lowest BCUT2D eigenvalue weighted by molar-refractivity contribution is -0.127. The van der Waals surface area contributed by atoms with Crippen molar-refractivity contribution in [1.82, 2.24) is 45.2 Å². The molecule has 1 amide bonds. The van der Waals surface area contributed by atoms with Crippen LogP contribution in [0.3, 0.4) is 0 Å². The molecule has 0 unspecified atom stereocenters. The van der Waals surface area contributed by atoms with Crippen LogP contribution in [-0.2, 0) is 4.79 Å². The Labute approximate surface area is 223 Å². The summed E-state index contributed by atoms with van der Waals surface area (Å²) in [5.74, 6) is 0.944. The number of para-hydroxylation sites is 1. The van der Waals surface area contributed by atoms with Crippen molar-refractivity contribution in [3.05, 3.63) is 60.4 Å². The van der Waals surface area contributed by atoms with E-state index in [2.05, 4.69) is 35.6 Å². The second-order valence-electron chi connectivity index (χ2n) is 9.13. The van der Waals surface area contributed by atoms with Gasteiger partial charge in [-0.2, -0.15) is 5.10 Å². The number of carbonyl (C=O) groups is 2. The average Bonchev–Trinajstić information content (AvgIpc) is 3.71. The Bertz CT molecular complexity index is 1570. The molecule has 2 N–H and O–H groups in total. The third kappa shape index (κ3) is 4.20. The van der Waals surface area contributed by atoms with Gasteiger partial charge in [0.1, 0.15) is 17.9 Å². The lowest BCUT2D eigenvalue weighted by Crippen LogP contribution is -2.56. The first-order chi connectivity index (χ1) is 19.0. The molecule has 0 atom stereocenters.